The zero-order valence-corrected chi connectivity index (χ0v) is 10.2. The van der Waals surface area contributed by atoms with Crippen LogP contribution >= 0.6 is 0 Å². The molecule has 1 aromatic heterocycles. The molecule has 1 atom stereocenters. The molecule has 3 rings (SSSR count). The first-order valence-corrected chi connectivity index (χ1v) is 5.83. The van der Waals surface area contributed by atoms with E-state index in [1.54, 1.807) is 10.8 Å². The second-order valence-electron chi connectivity index (χ2n) is 4.39. The van der Waals surface area contributed by atoms with E-state index in [4.69, 9.17) is 5.11 Å². The quantitative estimate of drug-likeness (QED) is 0.852. The summed E-state index contributed by atoms with van der Waals surface area (Å²) >= 11 is 0. The molecule has 0 amide bonds. The number of hydrogen-bond acceptors (Lipinski definition) is 4. The van der Waals surface area contributed by atoms with E-state index >= 15 is 0 Å². The highest BCUT2D eigenvalue weighted by Crippen LogP contribution is 2.28. The molecule has 0 fully saturated rings. The highest BCUT2D eigenvalue weighted by molar-refractivity contribution is 5.90. The maximum Gasteiger partial charge on any atom is 0.352 e. The topological polar surface area (TPSA) is 80.0 Å². The summed E-state index contributed by atoms with van der Waals surface area (Å²) in [6, 6.07) is 7.65. The molecule has 0 saturated carbocycles. The number of carbonyl (C=O) groups is 1. The molecule has 0 aliphatic carbocycles. The number of rotatable bonds is 2. The fraction of sp³-hybridized carbons (Fsp3) is 0.154. The molecule has 2 aromatic rings. The molecule has 96 valence electrons. The summed E-state index contributed by atoms with van der Waals surface area (Å²) in [7, 11) is 0. The summed E-state index contributed by atoms with van der Waals surface area (Å²) in [5.74, 6) is -0.572. The molecule has 6 nitrogen and oxygen atoms in total. The van der Waals surface area contributed by atoms with Crippen LogP contribution in [0.2, 0.25) is 0 Å². The number of benzene rings is 1. The fourth-order valence-corrected chi connectivity index (χ4v) is 2.06. The number of allylic oxidation sites excluding steroid dienone is 1. The molecule has 0 spiro atoms. The van der Waals surface area contributed by atoms with Gasteiger partial charge in [-0.1, -0.05) is 29.8 Å². The third-order valence-electron chi connectivity index (χ3n) is 3.06. The molecule has 2 N–H and O–H groups in total. The summed E-state index contributed by atoms with van der Waals surface area (Å²) in [5, 5.41) is 16.0. The lowest BCUT2D eigenvalue weighted by Gasteiger charge is -2.22. The van der Waals surface area contributed by atoms with Crippen molar-refractivity contribution < 1.29 is 9.90 Å². The third-order valence-corrected chi connectivity index (χ3v) is 3.06. The Morgan fingerprint density at radius 2 is 2.11 bits per heavy atom. The van der Waals surface area contributed by atoms with Crippen LogP contribution in [0.5, 0.6) is 0 Å². The van der Waals surface area contributed by atoms with Crippen molar-refractivity contribution in [2.24, 2.45) is 0 Å². The molecule has 0 radical (unpaired) electrons. The Labute approximate surface area is 109 Å². The molecule has 6 heteroatoms. The molecule has 2 heterocycles. The van der Waals surface area contributed by atoms with E-state index in [9.17, 15) is 4.79 Å². The molecule has 1 aliphatic rings. The van der Waals surface area contributed by atoms with Gasteiger partial charge in [0.25, 0.3) is 0 Å². The number of nitrogens with one attached hydrogen (secondary N) is 1. The minimum atomic E-state index is -1.01. The van der Waals surface area contributed by atoms with Crippen LogP contribution in [0.4, 0.5) is 5.95 Å². The highest BCUT2D eigenvalue weighted by Gasteiger charge is 2.25. The molecule has 0 saturated heterocycles. The monoisotopic (exact) mass is 256 g/mol. The van der Waals surface area contributed by atoms with Crippen LogP contribution in [0.25, 0.3) is 0 Å². The van der Waals surface area contributed by atoms with Crippen molar-refractivity contribution in [1.29, 1.82) is 0 Å². The first-order chi connectivity index (χ1) is 9.15. The van der Waals surface area contributed by atoms with Crippen molar-refractivity contribution in [2.45, 2.75) is 13.0 Å². The Bertz CT molecular complexity index is 658. The van der Waals surface area contributed by atoms with E-state index in [0.717, 1.165) is 11.1 Å². The zero-order valence-electron chi connectivity index (χ0n) is 10.2. The molecular formula is C13H12N4O2. The Morgan fingerprint density at radius 1 is 1.37 bits per heavy atom. The first kappa shape index (κ1) is 11.5. The highest BCUT2D eigenvalue weighted by atomic mass is 16.4. The molecule has 19 heavy (non-hydrogen) atoms. The van der Waals surface area contributed by atoms with Gasteiger partial charge >= 0.3 is 5.97 Å². The average molecular weight is 256 g/mol. The van der Waals surface area contributed by atoms with Crippen LogP contribution in [0.1, 0.15) is 17.2 Å². The Kier molecular flexibility index (Phi) is 2.56. The van der Waals surface area contributed by atoms with E-state index < -0.39 is 5.97 Å². The third kappa shape index (κ3) is 1.97. The van der Waals surface area contributed by atoms with Crippen LogP contribution in [0, 0.1) is 6.92 Å². The van der Waals surface area contributed by atoms with E-state index in [1.807, 2.05) is 31.2 Å². The Hall–Kier alpha value is -2.63. The standard InChI is InChI=1S/C13H12N4O2/c1-8-2-4-9(5-3-8)11-6-10(12(18)19)16-13-14-7-15-17(11)13/h2-7,11H,1H3,(H,18,19)(H,14,15,16)/t11-/m0/s1. The van der Waals surface area contributed by atoms with Gasteiger partial charge in [-0.2, -0.15) is 10.1 Å². The number of carboxylic acids is 1. The van der Waals surface area contributed by atoms with Gasteiger partial charge < -0.3 is 10.4 Å². The van der Waals surface area contributed by atoms with Gasteiger partial charge in [-0.05, 0) is 18.6 Å². The van der Waals surface area contributed by atoms with Crippen LogP contribution in [0.15, 0.2) is 42.4 Å². The van der Waals surface area contributed by atoms with Gasteiger partial charge in [0.05, 0.1) is 0 Å². The number of fused-ring (bicyclic) bond motifs is 1. The summed E-state index contributed by atoms with van der Waals surface area (Å²) < 4.78 is 1.66. The molecular weight excluding hydrogens is 244 g/mol. The number of nitrogens with zero attached hydrogens (tertiary/aromatic N) is 3. The lowest BCUT2D eigenvalue weighted by molar-refractivity contribution is -0.132. The van der Waals surface area contributed by atoms with Gasteiger partial charge in [0.1, 0.15) is 18.1 Å². The van der Waals surface area contributed by atoms with Crippen molar-refractivity contribution in [3.63, 3.8) is 0 Å². The minimum absolute atomic E-state index is 0.117. The first-order valence-electron chi connectivity index (χ1n) is 5.83. The average Bonchev–Trinajstić information content (AvgIpc) is 2.86. The molecule has 1 aromatic carbocycles. The second-order valence-corrected chi connectivity index (χ2v) is 4.39. The normalized spacial score (nSPS) is 17.3. The van der Waals surface area contributed by atoms with Crippen LogP contribution in [0.3, 0.4) is 0 Å². The smallest absolute Gasteiger partial charge is 0.352 e. The van der Waals surface area contributed by atoms with Gasteiger partial charge in [0, 0.05) is 0 Å². The van der Waals surface area contributed by atoms with E-state index in [1.165, 1.54) is 6.33 Å². The lowest BCUT2D eigenvalue weighted by atomic mass is 10.0. The van der Waals surface area contributed by atoms with Crippen molar-refractivity contribution in [1.82, 2.24) is 14.8 Å². The van der Waals surface area contributed by atoms with Crippen molar-refractivity contribution in [3.8, 4) is 0 Å². The number of aliphatic carboxylic acids is 1. The summed E-state index contributed by atoms with van der Waals surface area (Å²) in [5.41, 5.74) is 2.24. The van der Waals surface area contributed by atoms with Gasteiger partial charge in [0.15, 0.2) is 0 Å². The van der Waals surface area contributed by atoms with Gasteiger partial charge in [-0.3, -0.25) is 0 Å². The molecule has 0 bridgehead atoms. The zero-order chi connectivity index (χ0) is 13.4. The SMILES string of the molecule is Cc1ccc([C@@H]2C=C(C(=O)O)Nc3ncnn32)cc1. The maximum atomic E-state index is 11.1. The molecule has 0 unspecified atom stereocenters. The van der Waals surface area contributed by atoms with Crippen LogP contribution < -0.4 is 5.32 Å². The number of aromatic nitrogens is 3. The number of aryl methyl sites for hydroxylation is 1. The molecule has 1 aliphatic heterocycles. The Morgan fingerprint density at radius 3 is 2.79 bits per heavy atom. The number of carboxylic acid groups (broad SMARTS) is 1. The lowest BCUT2D eigenvalue weighted by Crippen LogP contribution is -2.24. The van der Waals surface area contributed by atoms with Crippen LogP contribution in [-0.4, -0.2) is 25.8 Å². The number of hydrogen-bond donors (Lipinski definition) is 2. The predicted molar refractivity (Wildman–Crippen MR) is 68.7 cm³/mol. The van der Waals surface area contributed by atoms with Crippen molar-refractivity contribution in [3.05, 3.63) is 53.5 Å². The summed E-state index contributed by atoms with van der Waals surface area (Å²) in [4.78, 5) is 15.1. The predicted octanol–water partition coefficient (Wildman–Crippen LogP) is 1.57. The maximum absolute atomic E-state index is 11.1. The van der Waals surface area contributed by atoms with E-state index in [-0.39, 0.29) is 11.7 Å². The second kappa shape index (κ2) is 4.24. The fourth-order valence-electron chi connectivity index (χ4n) is 2.06. The largest absolute Gasteiger partial charge is 0.477 e. The van der Waals surface area contributed by atoms with Gasteiger partial charge in [-0.25, -0.2) is 9.48 Å². The minimum Gasteiger partial charge on any atom is -0.477 e. The van der Waals surface area contributed by atoms with E-state index in [2.05, 4.69) is 15.4 Å². The summed E-state index contributed by atoms with van der Waals surface area (Å²) in [6.45, 7) is 2.01. The number of anilines is 1. The summed E-state index contributed by atoms with van der Waals surface area (Å²) in [6.07, 6.45) is 3.04. The van der Waals surface area contributed by atoms with Crippen molar-refractivity contribution >= 4 is 11.9 Å². The van der Waals surface area contributed by atoms with Crippen LogP contribution in [-0.2, 0) is 4.79 Å². The van der Waals surface area contributed by atoms with Gasteiger partial charge in [0.2, 0.25) is 5.95 Å². The van der Waals surface area contributed by atoms with Gasteiger partial charge in [-0.15, -0.1) is 0 Å². The van der Waals surface area contributed by atoms with E-state index in [0.29, 0.717) is 5.95 Å². The van der Waals surface area contributed by atoms with Crippen molar-refractivity contribution in [2.75, 3.05) is 5.32 Å². The Balaban J connectivity index is 2.09.